The van der Waals surface area contributed by atoms with Crippen LogP contribution in [0.3, 0.4) is 0 Å². The number of para-hydroxylation sites is 1. The van der Waals surface area contributed by atoms with E-state index in [1.807, 2.05) is 24.3 Å². The van der Waals surface area contributed by atoms with Crippen LogP contribution in [0.25, 0.3) is 10.2 Å². The van der Waals surface area contributed by atoms with Gasteiger partial charge in [-0.05, 0) is 25.0 Å². The summed E-state index contributed by atoms with van der Waals surface area (Å²) in [5, 5.41) is 3.41. The van der Waals surface area contributed by atoms with Gasteiger partial charge in [0.15, 0.2) is 6.61 Å². The third-order valence-corrected chi connectivity index (χ3v) is 6.38. The Bertz CT molecular complexity index is 854. The van der Waals surface area contributed by atoms with Crippen molar-refractivity contribution < 1.29 is 19.1 Å². The first-order valence-electron chi connectivity index (χ1n) is 9.88. The minimum absolute atomic E-state index is 0.111. The van der Waals surface area contributed by atoms with Crippen LogP contribution in [0.15, 0.2) is 24.3 Å². The molecular formula is C21H27N3O4S. The number of hydrogen-bond donors (Lipinski definition) is 1. The number of esters is 1. The average molecular weight is 418 g/mol. The van der Waals surface area contributed by atoms with E-state index < -0.39 is 11.3 Å². The van der Waals surface area contributed by atoms with Crippen LogP contribution in [-0.4, -0.2) is 54.9 Å². The van der Waals surface area contributed by atoms with Gasteiger partial charge in [-0.25, -0.2) is 4.98 Å². The number of carbonyl (C=O) groups is 3. The zero-order valence-corrected chi connectivity index (χ0v) is 17.7. The molecule has 1 aliphatic carbocycles. The van der Waals surface area contributed by atoms with E-state index in [0.717, 1.165) is 47.3 Å². The highest BCUT2D eigenvalue weighted by molar-refractivity contribution is 7.18. The molecule has 1 aromatic carbocycles. The zero-order chi connectivity index (χ0) is 20.9. The van der Waals surface area contributed by atoms with Crippen LogP contribution < -0.4 is 5.32 Å². The number of carbonyl (C=O) groups excluding carboxylic acids is 3. The number of benzene rings is 1. The van der Waals surface area contributed by atoms with E-state index in [0.29, 0.717) is 6.42 Å². The normalized spacial score (nSPS) is 15.7. The Kier molecular flexibility index (Phi) is 6.84. The summed E-state index contributed by atoms with van der Waals surface area (Å²) in [5.41, 5.74) is 0.308. The highest BCUT2D eigenvalue weighted by Crippen LogP contribution is 2.41. The van der Waals surface area contributed by atoms with Gasteiger partial charge in [0.05, 0.1) is 27.2 Å². The van der Waals surface area contributed by atoms with Gasteiger partial charge in [-0.3, -0.25) is 14.4 Å². The Morgan fingerprint density at radius 2 is 1.90 bits per heavy atom. The topological polar surface area (TPSA) is 88.6 Å². The quantitative estimate of drug-likeness (QED) is 0.700. The first-order valence-corrected chi connectivity index (χ1v) is 10.7. The molecule has 0 aliphatic heterocycles. The number of hydrogen-bond acceptors (Lipinski definition) is 6. The smallest absolute Gasteiger partial charge is 0.313 e. The number of amides is 2. The molecule has 3 rings (SSSR count). The third-order valence-electron chi connectivity index (χ3n) is 5.34. The minimum Gasteiger partial charge on any atom is -0.455 e. The molecule has 2 amide bonds. The lowest BCUT2D eigenvalue weighted by Gasteiger charge is -2.34. The van der Waals surface area contributed by atoms with E-state index in [9.17, 15) is 14.4 Å². The molecule has 1 heterocycles. The molecule has 0 unspecified atom stereocenters. The van der Waals surface area contributed by atoms with Crippen LogP contribution in [0.1, 0.15) is 37.1 Å². The second-order valence-corrected chi connectivity index (χ2v) is 8.85. The molecule has 1 aliphatic rings. The molecule has 2 aromatic rings. The molecule has 0 bridgehead atoms. The molecule has 7 nitrogen and oxygen atoms in total. The van der Waals surface area contributed by atoms with Crippen molar-refractivity contribution in [1.29, 1.82) is 0 Å². The maximum absolute atomic E-state index is 13.0. The molecule has 29 heavy (non-hydrogen) atoms. The van der Waals surface area contributed by atoms with Crippen molar-refractivity contribution in [1.82, 2.24) is 15.2 Å². The standard InChI is InChI=1S/C21H27N3O4S/c1-24(2)19(26)13-22-17(25)14-28-20(27)21(10-6-3-7-11-21)12-18-23-15-8-4-5-9-16(15)29-18/h4-5,8-9H,3,6-7,10-14H2,1-2H3,(H,22,25). The molecule has 1 aromatic heterocycles. The molecule has 8 heteroatoms. The molecule has 0 saturated heterocycles. The number of likely N-dealkylation sites (N-methyl/N-ethyl adjacent to an activating group) is 1. The van der Waals surface area contributed by atoms with Gasteiger partial charge in [0.2, 0.25) is 5.91 Å². The zero-order valence-electron chi connectivity index (χ0n) is 16.9. The van der Waals surface area contributed by atoms with E-state index in [1.54, 1.807) is 25.4 Å². The summed E-state index contributed by atoms with van der Waals surface area (Å²) >= 11 is 1.60. The monoisotopic (exact) mass is 417 g/mol. The molecule has 156 valence electrons. The van der Waals surface area contributed by atoms with Gasteiger partial charge in [0.1, 0.15) is 0 Å². The Balaban J connectivity index is 1.63. The van der Waals surface area contributed by atoms with Crippen LogP contribution in [-0.2, 0) is 25.5 Å². The first-order chi connectivity index (χ1) is 13.9. The van der Waals surface area contributed by atoms with Crippen LogP contribution in [0.2, 0.25) is 0 Å². The Hall–Kier alpha value is -2.48. The lowest BCUT2D eigenvalue weighted by Crippen LogP contribution is -2.41. The number of rotatable bonds is 7. The van der Waals surface area contributed by atoms with Crippen molar-refractivity contribution in [3.63, 3.8) is 0 Å². The van der Waals surface area contributed by atoms with Crippen LogP contribution in [0.5, 0.6) is 0 Å². The van der Waals surface area contributed by atoms with Gasteiger partial charge < -0.3 is 15.0 Å². The Morgan fingerprint density at radius 1 is 1.17 bits per heavy atom. The lowest BCUT2D eigenvalue weighted by atomic mass is 9.72. The van der Waals surface area contributed by atoms with Crippen molar-refractivity contribution in [2.24, 2.45) is 5.41 Å². The van der Waals surface area contributed by atoms with Gasteiger partial charge in [-0.1, -0.05) is 31.4 Å². The lowest BCUT2D eigenvalue weighted by molar-refractivity contribution is -0.161. The van der Waals surface area contributed by atoms with Gasteiger partial charge in [-0.2, -0.15) is 0 Å². The number of nitrogens with zero attached hydrogens (tertiary/aromatic N) is 2. The van der Waals surface area contributed by atoms with E-state index in [2.05, 4.69) is 10.3 Å². The first kappa shape index (κ1) is 21.2. The van der Waals surface area contributed by atoms with Crippen LogP contribution >= 0.6 is 11.3 Å². The van der Waals surface area contributed by atoms with Crippen molar-refractivity contribution in [2.75, 3.05) is 27.2 Å². The fourth-order valence-electron chi connectivity index (χ4n) is 3.63. The van der Waals surface area contributed by atoms with Gasteiger partial charge in [-0.15, -0.1) is 11.3 Å². The number of ether oxygens (including phenoxy) is 1. The summed E-state index contributed by atoms with van der Waals surface area (Å²) < 4.78 is 6.49. The minimum atomic E-state index is -0.633. The maximum Gasteiger partial charge on any atom is 0.313 e. The Labute approximate surface area is 174 Å². The van der Waals surface area contributed by atoms with Gasteiger partial charge in [0.25, 0.3) is 5.91 Å². The van der Waals surface area contributed by atoms with Crippen LogP contribution in [0.4, 0.5) is 0 Å². The molecule has 0 atom stereocenters. The molecule has 1 saturated carbocycles. The highest BCUT2D eigenvalue weighted by Gasteiger charge is 2.42. The summed E-state index contributed by atoms with van der Waals surface area (Å²) in [5.74, 6) is -1.03. The number of thiazole rings is 1. The van der Waals surface area contributed by atoms with Crippen molar-refractivity contribution in [3.05, 3.63) is 29.3 Å². The number of aromatic nitrogens is 1. The predicted molar refractivity (Wildman–Crippen MR) is 112 cm³/mol. The molecule has 1 N–H and O–H groups in total. The second-order valence-electron chi connectivity index (χ2n) is 7.73. The van der Waals surface area contributed by atoms with E-state index >= 15 is 0 Å². The summed E-state index contributed by atoms with van der Waals surface area (Å²) in [4.78, 5) is 42.6. The van der Waals surface area contributed by atoms with Gasteiger partial charge in [0, 0.05) is 20.5 Å². The maximum atomic E-state index is 13.0. The summed E-state index contributed by atoms with van der Waals surface area (Å²) in [6, 6.07) is 7.94. The Morgan fingerprint density at radius 3 is 2.59 bits per heavy atom. The number of nitrogens with one attached hydrogen (secondary N) is 1. The molecule has 1 fully saturated rings. The van der Waals surface area contributed by atoms with Crippen molar-refractivity contribution >= 4 is 39.3 Å². The average Bonchev–Trinajstić information content (AvgIpc) is 3.12. The van der Waals surface area contributed by atoms with Crippen LogP contribution in [0, 0.1) is 5.41 Å². The predicted octanol–water partition coefficient (Wildman–Crippen LogP) is 2.54. The highest BCUT2D eigenvalue weighted by atomic mass is 32.1. The summed E-state index contributed by atoms with van der Waals surface area (Å²) in [6.07, 6.45) is 5.03. The molecule has 0 radical (unpaired) electrons. The second kappa shape index (κ2) is 9.35. The summed E-state index contributed by atoms with van der Waals surface area (Å²) in [6.45, 7) is -0.485. The van der Waals surface area contributed by atoms with E-state index in [1.165, 1.54) is 4.90 Å². The third kappa shape index (κ3) is 5.32. The molecule has 0 spiro atoms. The van der Waals surface area contributed by atoms with Crippen molar-refractivity contribution in [2.45, 2.75) is 38.5 Å². The fourth-order valence-corrected chi connectivity index (χ4v) is 4.75. The summed E-state index contributed by atoms with van der Waals surface area (Å²) in [7, 11) is 3.23. The van der Waals surface area contributed by atoms with Crippen molar-refractivity contribution in [3.8, 4) is 0 Å². The fraction of sp³-hybridized carbons (Fsp3) is 0.524. The SMILES string of the molecule is CN(C)C(=O)CNC(=O)COC(=O)C1(Cc2nc3ccccc3s2)CCCCC1. The van der Waals surface area contributed by atoms with E-state index in [4.69, 9.17) is 4.74 Å². The van der Waals surface area contributed by atoms with Gasteiger partial charge >= 0.3 is 5.97 Å². The number of fused-ring (bicyclic) bond motifs is 1. The van der Waals surface area contributed by atoms with E-state index in [-0.39, 0.29) is 25.0 Å². The largest absolute Gasteiger partial charge is 0.455 e. The molecular weight excluding hydrogens is 390 g/mol.